The number of rotatable bonds is 3. The normalized spacial score (nSPS) is 26.8. The quantitative estimate of drug-likeness (QED) is 0.823. The zero-order chi connectivity index (χ0) is 10.1. The maximum absolute atomic E-state index is 5.41. The minimum atomic E-state index is 0.698. The van der Waals surface area contributed by atoms with E-state index in [2.05, 4.69) is 16.5 Å². The van der Waals surface area contributed by atoms with Gasteiger partial charge in [-0.2, -0.15) is 0 Å². The van der Waals surface area contributed by atoms with Crippen molar-refractivity contribution in [2.75, 3.05) is 13.1 Å². The summed E-state index contributed by atoms with van der Waals surface area (Å²) in [5.74, 6) is 2.54. The summed E-state index contributed by atoms with van der Waals surface area (Å²) < 4.78 is 5.41. The average Bonchev–Trinajstić information content (AvgIpc) is 2.75. The van der Waals surface area contributed by atoms with Gasteiger partial charge >= 0.3 is 0 Å². The second kappa shape index (κ2) is 3.97. The minimum absolute atomic E-state index is 0.698. The molecule has 2 aliphatic rings. The van der Waals surface area contributed by atoms with E-state index >= 15 is 0 Å². The van der Waals surface area contributed by atoms with Gasteiger partial charge in [-0.1, -0.05) is 11.6 Å². The third-order valence-corrected chi connectivity index (χ3v) is 3.75. The van der Waals surface area contributed by atoms with E-state index in [1.54, 1.807) is 0 Å². The molecule has 82 valence electrons. The molecule has 3 nitrogen and oxygen atoms in total. The van der Waals surface area contributed by atoms with E-state index in [4.69, 9.17) is 4.52 Å². The van der Waals surface area contributed by atoms with E-state index in [9.17, 15) is 0 Å². The maximum Gasteiger partial charge on any atom is 0.137 e. The Balaban J connectivity index is 1.62. The van der Waals surface area contributed by atoms with E-state index in [-0.39, 0.29) is 0 Å². The molecule has 2 fully saturated rings. The Kier molecular flexibility index (Phi) is 2.49. The van der Waals surface area contributed by atoms with Crippen molar-refractivity contribution in [3.8, 4) is 0 Å². The highest BCUT2D eigenvalue weighted by atomic mass is 16.5. The molecule has 1 aliphatic carbocycles. The highest BCUT2D eigenvalue weighted by Crippen LogP contribution is 2.36. The van der Waals surface area contributed by atoms with Crippen LogP contribution in [0.3, 0.4) is 0 Å². The van der Waals surface area contributed by atoms with Crippen molar-refractivity contribution < 1.29 is 4.52 Å². The predicted molar refractivity (Wildman–Crippen MR) is 57.8 cm³/mol. The van der Waals surface area contributed by atoms with Crippen molar-refractivity contribution >= 4 is 0 Å². The molecule has 1 unspecified atom stereocenters. The molecule has 1 N–H and O–H groups in total. The van der Waals surface area contributed by atoms with Gasteiger partial charge in [0, 0.05) is 18.4 Å². The molecule has 1 saturated heterocycles. The zero-order valence-corrected chi connectivity index (χ0v) is 9.04. The predicted octanol–water partition coefficient (Wildman–Crippen LogP) is 2.09. The molecule has 1 aromatic rings. The van der Waals surface area contributed by atoms with E-state index in [1.165, 1.54) is 31.4 Å². The summed E-state index contributed by atoms with van der Waals surface area (Å²) in [5.41, 5.74) is 1.20. The second-order valence-corrected chi connectivity index (χ2v) is 4.91. The van der Waals surface area contributed by atoms with Gasteiger partial charge in [0.2, 0.25) is 0 Å². The molecular weight excluding hydrogens is 188 g/mol. The fraction of sp³-hybridized carbons (Fsp3) is 0.750. The van der Waals surface area contributed by atoms with Crippen molar-refractivity contribution in [1.82, 2.24) is 10.5 Å². The van der Waals surface area contributed by atoms with Crippen LogP contribution in [0, 0.1) is 5.92 Å². The van der Waals surface area contributed by atoms with Gasteiger partial charge in [-0.15, -0.1) is 0 Å². The van der Waals surface area contributed by atoms with Crippen molar-refractivity contribution in [2.45, 2.75) is 38.0 Å². The number of aromatic nitrogens is 1. The Labute approximate surface area is 90.2 Å². The average molecular weight is 206 g/mol. The lowest BCUT2D eigenvalue weighted by Crippen LogP contribution is -2.10. The van der Waals surface area contributed by atoms with Crippen LogP contribution >= 0.6 is 0 Å². The third kappa shape index (κ3) is 1.93. The summed E-state index contributed by atoms with van der Waals surface area (Å²) >= 11 is 0. The van der Waals surface area contributed by atoms with Gasteiger partial charge < -0.3 is 9.84 Å². The highest BCUT2D eigenvalue weighted by molar-refractivity contribution is 5.13. The van der Waals surface area contributed by atoms with E-state index in [0.29, 0.717) is 5.92 Å². The topological polar surface area (TPSA) is 38.1 Å². The van der Waals surface area contributed by atoms with Crippen LogP contribution < -0.4 is 5.32 Å². The fourth-order valence-electron chi connectivity index (χ4n) is 2.49. The molecule has 2 heterocycles. The Hall–Kier alpha value is -0.830. The first-order chi connectivity index (χ1) is 7.42. The molecule has 1 atom stereocenters. The Morgan fingerprint density at radius 1 is 1.40 bits per heavy atom. The Morgan fingerprint density at radius 2 is 2.33 bits per heavy atom. The van der Waals surface area contributed by atoms with Gasteiger partial charge in [-0.3, -0.25) is 0 Å². The molecule has 1 aliphatic heterocycles. The first-order valence-corrected chi connectivity index (χ1v) is 6.08. The van der Waals surface area contributed by atoms with Crippen LogP contribution in [0.2, 0.25) is 0 Å². The van der Waals surface area contributed by atoms with Gasteiger partial charge in [0.15, 0.2) is 0 Å². The number of hydrogen-bond acceptors (Lipinski definition) is 3. The third-order valence-electron chi connectivity index (χ3n) is 3.75. The van der Waals surface area contributed by atoms with Crippen LogP contribution in [-0.4, -0.2) is 18.2 Å². The zero-order valence-electron chi connectivity index (χ0n) is 9.04. The molecule has 3 heteroatoms. The molecule has 3 rings (SSSR count). The molecule has 1 saturated carbocycles. The number of nitrogens with zero attached hydrogens (tertiary/aromatic N) is 1. The fourth-order valence-corrected chi connectivity index (χ4v) is 2.49. The minimum Gasteiger partial charge on any atom is -0.361 e. The molecule has 0 bridgehead atoms. The molecular formula is C12H18N2O. The van der Waals surface area contributed by atoms with Crippen LogP contribution in [0.1, 0.15) is 43.1 Å². The Bertz CT molecular complexity index is 324. The van der Waals surface area contributed by atoms with Crippen LogP contribution in [-0.2, 0) is 6.42 Å². The first-order valence-electron chi connectivity index (χ1n) is 6.08. The van der Waals surface area contributed by atoms with Gasteiger partial charge in [-0.25, -0.2) is 0 Å². The van der Waals surface area contributed by atoms with Crippen LogP contribution in [0.5, 0.6) is 0 Å². The summed E-state index contributed by atoms with van der Waals surface area (Å²) in [5, 5.41) is 7.57. The summed E-state index contributed by atoms with van der Waals surface area (Å²) in [7, 11) is 0. The molecule has 0 spiro atoms. The maximum atomic E-state index is 5.41. The lowest BCUT2D eigenvalue weighted by Gasteiger charge is -2.22. The molecule has 0 aromatic carbocycles. The SMILES string of the molecule is c1c(C2CCC2)noc1CC1CCNC1. The van der Waals surface area contributed by atoms with E-state index < -0.39 is 0 Å². The number of hydrogen-bond donors (Lipinski definition) is 1. The van der Waals surface area contributed by atoms with Crippen LogP contribution in [0.4, 0.5) is 0 Å². The van der Waals surface area contributed by atoms with Crippen LogP contribution in [0.25, 0.3) is 0 Å². The van der Waals surface area contributed by atoms with Crippen molar-refractivity contribution in [2.24, 2.45) is 5.92 Å². The van der Waals surface area contributed by atoms with Gasteiger partial charge in [0.25, 0.3) is 0 Å². The van der Waals surface area contributed by atoms with E-state index in [1.807, 2.05) is 0 Å². The highest BCUT2D eigenvalue weighted by Gasteiger charge is 2.24. The van der Waals surface area contributed by atoms with Gasteiger partial charge in [0.1, 0.15) is 5.76 Å². The number of nitrogens with one attached hydrogen (secondary N) is 1. The smallest absolute Gasteiger partial charge is 0.137 e. The van der Waals surface area contributed by atoms with E-state index in [0.717, 1.165) is 31.2 Å². The van der Waals surface area contributed by atoms with Crippen molar-refractivity contribution in [3.63, 3.8) is 0 Å². The molecule has 1 aromatic heterocycles. The van der Waals surface area contributed by atoms with Crippen LogP contribution in [0.15, 0.2) is 10.6 Å². The Morgan fingerprint density at radius 3 is 3.00 bits per heavy atom. The summed E-state index contributed by atoms with van der Waals surface area (Å²) in [6, 6.07) is 2.18. The lowest BCUT2D eigenvalue weighted by atomic mass is 9.83. The summed E-state index contributed by atoms with van der Waals surface area (Å²) in [4.78, 5) is 0. The monoisotopic (exact) mass is 206 g/mol. The summed E-state index contributed by atoms with van der Waals surface area (Å²) in [6.07, 6.45) is 6.31. The summed E-state index contributed by atoms with van der Waals surface area (Å²) in [6.45, 7) is 2.30. The second-order valence-electron chi connectivity index (χ2n) is 4.91. The first kappa shape index (κ1) is 9.40. The van der Waals surface area contributed by atoms with Crippen molar-refractivity contribution in [3.05, 3.63) is 17.5 Å². The molecule has 15 heavy (non-hydrogen) atoms. The van der Waals surface area contributed by atoms with Gasteiger partial charge in [-0.05, 0) is 38.3 Å². The standard InChI is InChI=1S/C12H18N2O/c1-2-10(3-1)12-7-11(15-14-12)6-9-4-5-13-8-9/h7,9-10,13H,1-6,8H2. The molecule has 0 amide bonds. The lowest BCUT2D eigenvalue weighted by molar-refractivity contribution is 0.337. The van der Waals surface area contributed by atoms with Gasteiger partial charge in [0.05, 0.1) is 5.69 Å². The molecule has 0 radical (unpaired) electrons. The largest absolute Gasteiger partial charge is 0.361 e. The van der Waals surface area contributed by atoms with Crippen molar-refractivity contribution in [1.29, 1.82) is 0 Å².